The van der Waals surface area contributed by atoms with Gasteiger partial charge in [-0.2, -0.15) is 0 Å². The average Bonchev–Trinajstić information content (AvgIpc) is 2.88. The van der Waals surface area contributed by atoms with Crippen molar-refractivity contribution in [3.63, 3.8) is 0 Å². The van der Waals surface area contributed by atoms with Gasteiger partial charge < -0.3 is 10.2 Å². The zero-order chi connectivity index (χ0) is 12.7. The first-order chi connectivity index (χ1) is 8.68. The number of benzene rings is 1. The van der Waals surface area contributed by atoms with Gasteiger partial charge in [-0.3, -0.25) is 4.79 Å². The Kier molecular flexibility index (Phi) is 2.86. The smallest absolute Gasteiger partial charge is 0.254 e. The lowest BCUT2D eigenvalue weighted by atomic mass is 10.0. The molecule has 2 heterocycles. The number of hydrogen-bond donors (Lipinski definition) is 1. The van der Waals surface area contributed by atoms with Crippen LogP contribution in [0.15, 0.2) is 24.3 Å². The molecule has 3 rings (SSSR count). The van der Waals surface area contributed by atoms with E-state index in [1.54, 1.807) is 0 Å². The summed E-state index contributed by atoms with van der Waals surface area (Å²) in [5, 5.41) is 3.40. The van der Waals surface area contributed by atoms with Crippen LogP contribution in [0, 0.1) is 12.8 Å². The maximum atomic E-state index is 12.7. The molecule has 1 amide bonds. The van der Waals surface area contributed by atoms with Crippen molar-refractivity contribution in [1.29, 1.82) is 0 Å². The molecule has 0 radical (unpaired) electrons. The lowest BCUT2D eigenvalue weighted by Crippen LogP contribution is -2.43. The van der Waals surface area contributed by atoms with Crippen LogP contribution in [0.1, 0.15) is 29.3 Å². The number of carbonyl (C=O) groups is 1. The first-order valence-electron chi connectivity index (χ1n) is 6.77. The van der Waals surface area contributed by atoms with Crippen LogP contribution in [-0.2, 0) is 0 Å². The number of hydrogen-bond acceptors (Lipinski definition) is 2. The molecule has 3 nitrogen and oxygen atoms in total. The van der Waals surface area contributed by atoms with Gasteiger partial charge in [0.1, 0.15) is 0 Å². The fraction of sp³-hybridized carbons (Fsp3) is 0.533. The van der Waals surface area contributed by atoms with Crippen molar-refractivity contribution in [3.8, 4) is 0 Å². The number of rotatable bonds is 1. The van der Waals surface area contributed by atoms with Crippen molar-refractivity contribution >= 4 is 5.91 Å². The lowest BCUT2D eigenvalue weighted by molar-refractivity contribution is 0.0681. The number of likely N-dealkylation sites (tertiary alicyclic amines) is 1. The van der Waals surface area contributed by atoms with Gasteiger partial charge in [0.25, 0.3) is 5.91 Å². The fourth-order valence-electron chi connectivity index (χ4n) is 3.47. The molecule has 0 bridgehead atoms. The summed E-state index contributed by atoms with van der Waals surface area (Å²) < 4.78 is 0. The minimum Gasteiger partial charge on any atom is -0.331 e. The van der Waals surface area contributed by atoms with Crippen LogP contribution in [0.2, 0.25) is 0 Å². The quantitative estimate of drug-likeness (QED) is 0.817. The standard InChI is InChI=1S/C15H20N2O/c1-10-5-3-4-6-13(10)15(18)17-11(2)7-12-8-16-9-14(12)17/h3-6,11-12,14,16H,7-9H2,1-2H3. The molecular weight excluding hydrogens is 224 g/mol. The maximum absolute atomic E-state index is 12.7. The summed E-state index contributed by atoms with van der Waals surface area (Å²) in [6.07, 6.45) is 1.13. The van der Waals surface area contributed by atoms with E-state index in [0.717, 1.165) is 30.6 Å². The van der Waals surface area contributed by atoms with Gasteiger partial charge in [0.2, 0.25) is 0 Å². The number of fused-ring (bicyclic) bond motifs is 1. The Morgan fingerprint density at radius 1 is 1.33 bits per heavy atom. The Morgan fingerprint density at radius 2 is 2.11 bits per heavy atom. The highest BCUT2D eigenvalue weighted by molar-refractivity contribution is 5.96. The minimum absolute atomic E-state index is 0.205. The van der Waals surface area contributed by atoms with E-state index in [1.807, 2.05) is 31.2 Å². The average molecular weight is 244 g/mol. The highest BCUT2D eigenvalue weighted by Gasteiger charge is 2.44. The van der Waals surface area contributed by atoms with E-state index in [2.05, 4.69) is 17.1 Å². The Bertz CT molecular complexity index is 471. The van der Waals surface area contributed by atoms with Gasteiger partial charge in [-0.25, -0.2) is 0 Å². The predicted molar refractivity (Wildman–Crippen MR) is 71.6 cm³/mol. The maximum Gasteiger partial charge on any atom is 0.254 e. The molecule has 2 saturated heterocycles. The zero-order valence-corrected chi connectivity index (χ0v) is 11.0. The van der Waals surface area contributed by atoms with Crippen LogP contribution >= 0.6 is 0 Å². The Labute approximate surface area is 108 Å². The number of carbonyl (C=O) groups excluding carboxylic acids is 1. The third-order valence-electron chi connectivity index (χ3n) is 4.39. The Balaban J connectivity index is 1.90. The Hall–Kier alpha value is -1.35. The molecule has 2 aliphatic heterocycles. The molecule has 1 aromatic rings. The van der Waals surface area contributed by atoms with Gasteiger partial charge in [0.05, 0.1) is 0 Å². The molecule has 1 N–H and O–H groups in total. The SMILES string of the molecule is Cc1ccccc1C(=O)N1C(C)CC2CNCC21. The second-order valence-electron chi connectivity index (χ2n) is 5.60. The van der Waals surface area contributed by atoms with E-state index in [4.69, 9.17) is 0 Å². The van der Waals surface area contributed by atoms with Crippen molar-refractivity contribution in [3.05, 3.63) is 35.4 Å². The molecule has 3 atom stereocenters. The molecular formula is C15H20N2O. The third-order valence-corrected chi connectivity index (χ3v) is 4.39. The lowest BCUT2D eigenvalue weighted by Gasteiger charge is -2.28. The molecule has 0 aromatic heterocycles. The van der Waals surface area contributed by atoms with E-state index in [1.165, 1.54) is 0 Å². The highest BCUT2D eigenvalue weighted by atomic mass is 16.2. The number of nitrogens with one attached hydrogen (secondary N) is 1. The highest BCUT2D eigenvalue weighted by Crippen LogP contribution is 2.33. The largest absolute Gasteiger partial charge is 0.331 e. The molecule has 0 spiro atoms. The molecule has 3 unspecified atom stereocenters. The fourth-order valence-corrected chi connectivity index (χ4v) is 3.47. The summed E-state index contributed by atoms with van der Waals surface area (Å²) in [5.74, 6) is 0.852. The molecule has 2 aliphatic rings. The van der Waals surface area contributed by atoms with Crippen LogP contribution in [-0.4, -0.2) is 36.0 Å². The summed E-state index contributed by atoms with van der Waals surface area (Å²) in [7, 11) is 0. The van der Waals surface area contributed by atoms with Crippen LogP contribution in [0.5, 0.6) is 0 Å². The molecule has 1 aromatic carbocycles. The zero-order valence-electron chi connectivity index (χ0n) is 11.0. The van der Waals surface area contributed by atoms with E-state index in [0.29, 0.717) is 18.0 Å². The number of aryl methyl sites for hydroxylation is 1. The number of amides is 1. The molecule has 0 saturated carbocycles. The molecule has 3 heteroatoms. The van der Waals surface area contributed by atoms with E-state index >= 15 is 0 Å². The predicted octanol–water partition coefficient (Wildman–Crippen LogP) is 1.82. The van der Waals surface area contributed by atoms with Gasteiger partial charge in [0, 0.05) is 30.7 Å². The molecule has 96 valence electrons. The van der Waals surface area contributed by atoms with Crippen LogP contribution in [0.3, 0.4) is 0 Å². The molecule has 0 aliphatic carbocycles. The monoisotopic (exact) mass is 244 g/mol. The van der Waals surface area contributed by atoms with Crippen molar-refractivity contribution in [2.75, 3.05) is 13.1 Å². The summed E-state index contributed by atoms with van der Waals surface area (Å²) >= 11 is 0. The summed E-state index contributed by atoms with van der Waals surface area (Å²) in [5.41, 5.74) is 1.93. The van der Waals surface area contributed by atoms with E-state index < -0.39 is 0 Å². The van der Waals surface area contributed by atoms with Gasteiger partial charge in [-0.15, -0.1) is 0 Å². The van der Waals surface area contributed by atoms with Crippen molar-refractivity contribution in [1.82, 2.24) is 10.2 Å². The van der Waals surface area contributed by atoms with Gasteiger partial charge >= 0.3 is 0 Å². The van der Waals surface area contributed by atoms with Crippen LogP contribution in [0.25, 0.3) is 0 Å². The molecule has 2 fully saturated rings. The van der Waals surface area contributed by atoms with Crippen molar-refractivity contribution < 1.29 is 4.79 Å². The minimum atomic E-state index is 0.205. The van der Waals surface area contributed by atoms with Crippen molar-refractivity contribution in [2.24, 2.45) is 5.92 Å². The van der Waals surface area contributed by atoms with Gasteiger partial charge in [0.15, 0.2) is 0 Å². The van der Waals surface area contributed by atoms with E-state index in [-0.39, 0.29) is 5.91 Å². The van der Waals surface area contributed by atoms with Gasteiger partial charge in [-0.1, -0.05) is 18.2 Å². The Morgan fingerprint density at radius 3 is 2.89 bits per heavy atom. The molecule has 18 heavy (non-hydrogen) atoms. The summed E-state index contributed by atoms with van der Waals surface area (Å²) in [4.78, 5) is 14.8. The number of nitrogens with zero attached hydrogens (tertiary/aromatic N) is 1. The van der Waals surface area contributed by atoms with E-state index in [9.17, 15) is 4.79 Å². The summed E-state index contributed by atoms with van der Waals surface area (Å²) in [6, 6.07) is 8.66. The first kappa shape index (κ1) is 11.7. The first-order valence-corrected chi connectivity index (χ1v) is 6.77. The van der Waals surface area contributed by atoms with Crippen molar-refractivity contribution in [2.45, 2.75) is 32.4 Å². The van der Waals surface area contributed by atoms with Crippen LogP contribution < -0.4 is 5.32 Å². The second-order valence-corrected chi connectivity index (χ2v) is 5.60. The third kappa shape index (κ3) is 1.74. The summed E-state index contributed by atoms with van der Waals surface area (Å²) in [6.45, 7) is 6.20. The normalized spacial score (nSPS) is 30.6. The van der Waals surface area contributed by atoms with Crippen LogP contribution in [0.4, 0.5) is 0 Å². The topological polar surface area (TPSA) is 32.3 Å². The second kappa shape index (κ2) is 4.39. The van der Waals surface area contributed by atoms with Gasteiger partial charge in [-0.05, 0) is 37.8 Å².